The van der Waals surface area contributed by atoms with Crippen LogP contribution in [0.15, 0.2) is 47.0 Å². The average molecular weight is 562 g/mol. The van der Waals surface area contributed by atoms with Crippen LogP contribution in [0.3, 0.4) is 0 Å². The van der Waals surface area contributed by atoms with Gasteiger partial charge in [-0.15, -0.1) is 0 Å². The van der Waals surface area contributed by atoms with E-state index in [2.05, 4.69) is 40.9 Å². The van der Waals surface area contributed by atoms with Crippen LogP contribution in [0.2, 0.25) is 0 Å². The van der Waals surface area contributed by atoms with Crippen molar-refractivity contribution >= 4 is 22.4 Å². The van der Waals surface area contributed by atoms with Crippen LogP contribution in [0.5, 0.6) is 0 Å². The second-order valence-electron chi connectivity index (χ2n) is 12.8. The predicted octanol–water partition coefficient (Wildman–Crippen LogP) is 7.23. The van der Waals surface area contributed by atoms with Crippen molar-refractivity contribution < 1.29 is 18.4 Å². The van der Waals surface area contributed by atoms with Crippen LogP contribution in [0, 0.1) is 17.7 Å². The number of nitrogens with zero attached hydrogens (tertiary/aromatic N) is 3. The summed E-state index contributed by atoms with van der Waals surface area (Å²) in [5.41, 5.74) is 3.56. The molecule has 6 nitrogen and oxygen atoms in total. The fraction of sp³-hybridized carbons (Fsp3) is 0.588. The van der Waals surface area contributed by atoms with Crippen molar-refractivity contribution in [1.29, 1.82) is 0 Å². The number of ether oxygens (including phenoxy) is 1. The number of carbonyl (C=O) groups is 1. The Labute approximate surface area is 243 Å². The summed E-state index contributed by atoms with van der Waals surface area (Å²) in [6.07, 6.45) is 9.32. The van der Waals surface area contributed by atoms with Gasteiger partial charge < -0.3 is 19.1 Å². The Morgan fingerprint density at radius 3 is 2.32 bits per heavy atom. The average Bonchev–Trinajstić information content (AvgIpc) is 3.39. The number of anilines is 1. The fourth-order valence-corrected chi connectivity index (χ4v) is 7.37. The number of likely N-dealkylation sites (tertiary alicyclic amines) is 1. The Hall–Kier alpha value is -2.77. The lowest BCUT2D eigenvalue weighted by molar-refractivity contribution is -0.00522. The van der Waals surface area contributed by atoms with Gasteiger partial charge in [0.05, 0.1) is 17.9 Å². The number of Topliss-reactive ketones (excluding diaryl/α,β-unsaturated/α-hetero) is 1. The van der Waals surface area contributed by atoms with Gasteiger partial charge in [0.15, 0.2) is 11.4 Å². The van der Waals surface area contributed by atoms with E-state index in [0.717, 1.165) is 68.1 Å². The van der Waals surface area contributed by atoms with E-state index in [1.165, 1.54) is 49.9 Å². The summed E-state index contributed by atoms with van der Waals surface area (Å²) in [5.74, 6) is 1.67. The number of aromatic nitrogens is 1. The van der Waals surface area contributed by atoms with Gasteiger partial charge in [0, 0.05) is 48.1 Å². The van der Waals surface area contributed by atoms with Crippen molar-refractivity contribution in [2.24, 2.45) is 11.8 Å². The molecule has 3 heterocycles. The van der Waals surface area contributed by atoms with Crippen LogP contribution in [-0.2, 0) is 4.74 Å². The predicted molar refractivity (Wildman–Crippen MR) is 160 cm³/mol. The van der Waals surface area contributed by atoms with Crippen LogP contribution < -0.4 is 4.90 Å². The highest BCUT2D eigenvalue weighted by atomic mass is 19.1. The van der Waals surface area contributed by atoms with Gasteiger partial charge in [0.2, 0.25) is 0 Å². The van der Waals surface area contributed by atoms with Crippen LogP contribution in [0.1, 0.15) is 87.2 Å². The number of hydrogen-bond donors (Lipinski definition) is 0. The summed E-state index contributed by atoms with van der Waals surface area (Å²) in [6.45, 7) is 9.32. The summed E-state index contributed by atoms with van der Waals surface area (Å²) in [4.78, 5) is 18.0. The number of hydrogen-bond acceptors (Lipinski definition) is 6. The Bertz CT molecular complexity index is 1300. The molecule has 1 saturated carbocycles. The van der Waals surface area contributed by atoms with Gasteiger partial charge >= 0.3 is 0 Å². The molecular weight excluding hydrogens is 517 g/mol. The summed E-state index contributed by atoms with van der Waals surface area (Å²) < 4.78 is 24.8. The number of ketones is 1. The van der Waals surface area contributed by atoms with Crippen LogP contribution >= 0.6 is 0 Å². The Morgan fingerprint density at radius 2 is 1.61 bits per heavy atom. The quantitative estimate of drug-likeness (QED) is 0.271. The lowest BCUT2D eigenvalue weighted by Gasteiger charge is -2.36. The largest absolute Gasteiger partial charge is 0.372 e. The first-order valence-corrected chi connectivity index (χ1v) is 15.7. The van der Waals surface area contributed by atoms with E-state index in [0.29, 0.717) is 23.8 Å². The molecule has 2 unspecified atom stereocenters. The minimum absolute atomic E-state index is 0.225. The van der Waals surface area contributed by atoms with E-state index in [-0.39, 0.29) is 23.8 Å². The van der Waals surface area contributed by atoms with Crippen LogP contribution in [-0.4, -0.2) is 60.8 Å². The Morgan fingerprint density at radius 1 is 0.927 bits per heavy atom. The monoisotopic (exact) mass is 561 g/mol. The third kappa shape index (κ3) is 6.83. The van der Waals surface area contributed by atoms with Gasteiger partial charge in [-0.2, -0.15) is 0 Å². The molecule has 220 valence electrons. The molecule has 7 heteroatoms. The second-order valence-corrected chi connectivity index (χ2v) is 12.8. The zero-order valence-electron chi connectivity index (χ0n) is 24.6. The van der Waals surface area contributed by atoms with Gasteiger partial charge in [-0.3, -0.25) is 4.79 Å². The highest BCUT2D eigenvalue weighted by Gasteiger charge is 2.28. The number of morpholine rings is 1. The number of piperidine rings is 1. The van der Waals surface area contributed by atoms with Gasteiger partial charge in [-0.25, -0.2) is 4.39 Å². The number of rotatable bonds is 8. The highest BCUT2D eigenvalue weighted by molar-refractivity contribution is 5.96. The van der Waals surface area contributed by atoms with E-state index in [1.54, 1.807) is 6.07 Å². The number of carbonyl (C=O) groups excluding carboxylic acids is 1. The SMILES string of the molecule is CC1CN(c2ccc(C(=O)CC3CCC(CCN4CCC(c5noc6cc(F)ccc56)CC4)CC3)cc2)CC(C)O1. The highest BCUT2D eigenvalue weighted by Crippen LogP contribution is 2.36. The molecule has 0 spiro atoms. The first-order chi connectivity index (χ1) is 19.9. The summed E-state index contributed by atoms with van der Waals surface area (Å²) in [5, 5.41) is 5.24. The summed E-state index contributed by atoms with van der Waals surface area (Å²) in [7, 11) is 0. The normalized spacial score (nSPS) is 26.5. The van der Waals surface area contributed by atoms with Crippen LogP contribution in [0.25, 0.3) is 11.0 Å². The maximum atomic E-state index is 13.5. The Balaban J connectivity index is 0.905. The molecule has 3 aromatic rings. The summed E-state index contributed by atoms with van der Waals surface area (Å²) >= 11 is 0. The van der Waals surface area contributed by atoms with Crippen molar-refractivity contribution in [3.05, 3.63) is 59.5 Å². The molecule has 1 aromatic heterocycles. The van der Waals surface area contributed by atoms with Crippen molar-refractivity contribution in [3.63, 3.8) is 0 Å². The van der Waals surface area contributed by atoms with Gasteiger partial charge in [-0.1, -0.05) is 18.0 Å². The smallest absolute Gasteiger partial charge is 0.170 e. The molecule has 0 amide bonds. The molecule has 3 aliphatic rings. The van der Waals surface area contributed by atoms with E-state index < -0.39 is 0 Å². The van der Waals surface area contributed by atoms with Crippen molar-refractivity contribution in [2.45, 2.75) is 83.3 Å². The Kier molecular flexibility index (Phi) is 8.73. The van der Waals surface area contributed by atoms with E-state index in [4.69, 9.17) is 9.26 Å². The van der Waals surface area contributed by atoms with Gasteiger partial charge in [0.1, 0.15) is 5.82 Å². The standard InChI is InChI=1S/C34H44FN3O3/c1-23-21-38(22-24(2)40-23)30-10-7-27(8-11-30)32(39)19-26-5-3-25(4-6-26)13-16-37-17-14-28(15-18-37)34-31-12-9-29(35)20-33(31)41-36-34/h7-12,20,23-26,28H,3-6,13-19,21-22H2,1-2H3. The van der Waals surface area contributed by atoms with Crippen molar-refractivity contribution in [3.8, 4) is 0 Å². The lowest BCUT2D eigenvalue weighted by Crippen LogP contribution is -2.45. The molecule has 3 fully saturated rings. The van der Waals surface area contributed by atoms with Crippen molar-refractivity contribution in [1.82, 2.24) is 10.1 Å². The van der Waals surface area contributed by atoms with Crippen LogP contribution in [0.4, 0.5) is 10.1 Å². The topological polar surface area (TPSA) is 58.8 Å². The molecule has 1 aliphatic carbocycles. The maximum Gasteiger partial charge on any atom is 0.170 e. The number of halogens is 1. The minimum Gasteiger partial charge on any atom is -0.372 e. The van der Waals surface area contributed by atoms with E-state index in [1.807, 2.05) is 12.1 Å². The van der Waals surface area contributed by atoms with E-state index >= 15 is 0 Å². The zero-order chi connectivity index (χ0) is 28.3. The minimum atomic E-state index is -0.283. The molecule has 6 rings (SSSR count). The molecule has 41 heavy (non-hydrogen) atoms. The molecule has 2 atom stereocenters. The second kappa shape index (κ2) is 12.6. The van der Waals surface area contributed by atoms with Gasteiger partial charge in [0.25, 0.3) is 0 Å². The lowest BCUT2D eigenvalue weighted by atomic mass is 9.78. The molecule has 2 saturated heterocycles. The zero-order valence-corrected chi connectivity index (χ0v) is 24.6. The number of fused-ring (bicyclic) bond motifs is 1. The maximum absolute atomic E-state index is 13.5. The third-order valence-electron chi connectivity index (χ3n) is 9.70. The number of benzene rings is 2. The molecule has 2 aromatic carbocycles. The molecule has 0 N–H and O–H groups in total. The molecule has 0 radical (unpaired) electrons. The summed E-state index contributed by atoms with van der Waals surface area (Å²) in [6, 6.07) is 13.0. The molecular formula is C34H44FN3O3. The van der Waals surface area contributed by atoms with Crippen molar-refractivity contribution in [2.75, 3.05) is 37.6 Å². The third-order valence-corrected chi connectivity index (χ3v) is 9.70. The molecule has 0 bridgehead atoms. The fourth-order valence-electron chi connectivity index (χ4n) is 7.37. The first kappa shape index (κ1) is 28.4. The van der Waals surface area contributed by atoms with E-state index in [9.17, 15) is 9.18 Å². The van der Waals surface area contributed by atoms with Gasteiger partial charge in [-0.05, 0) is 114 Å². The molecule has 2 aliphatic heterocycles. The first-order valence-electron chi connectivity index (χ1n) is 15.7.